The van der Waals surface area contributed by atoms with Crippen molar-refractivity contribution in [1.29, 1.82) is 0 Å². The summed E-state index contributed by atoms with van der Waals surface area (Å²) in [6, 6.07) is 0. The standard InChI is InChI=1S/H2O4P2S2/c1-5(2)8-6(3,4)7/h(H2,3,4,7). The van der Waals surface area contributed by atoms with Gasteiger partial charge in [0, 0.05) is 0 Å². The summed E-state index contributed by atoms with van der Waals surface area (Å²) in [6.07, 6.45) is 0. The predicted octanol–water partition coefficient (Wildman–Crippen LogP) is -0.0536. The van der Waals surface area contributed by atoms with Crippen molar-refractivity contribution < 1.29 is 19.2 Å². The average Bonchev–Trinajstić information content (AvgIpc) is 1.21. The smallest absolute Gasteiger partial charge is 0.394 e. The maximum Gasteiger partial charge on any atom is 0.394 e. The first-order chi connectivity index (χ1) is 3.42. The molecule has 1 atom stereocenters. The molecule has 48 valence electrons. The van der Waals surface area contributed by atoms with Crippen molar-refractivity contribution in [3.63, 3.8) is 0 Å². The molecule has 8 heteroatoms. The van der Waals surface area contributed by atoms with Gasteiger partial charge < -0.3 is 14.7 Å². The van der Waals surface area contributed by atoms with E-state index in [1.165, 1.54) is 0 Å². The van der Waals surface area contributed by atoms with Gasteiger partial charge in [-0.3, -0.25) is 0 Å². The Kier molecular flexibility index (Phi) is 3.62. The highest BCUT2D eigenvalue weighted by Crippen LogP contribution is 2.60. The lowest BCUT2D eigenvalue weighted by Crippen LogP contribution is -1.79. The lowest BCUT2D eigenvalue weighted by molar-refractivity contribution is -0.157. The fourth-order valence-electron chi connectivity index (χ4n) is 0.0868. The van der Waals surface area contributed by atoms with Gasteiger partial charge in [0.15, 0.2) is 0 Å². The van der Waals surface area contributed by atoms with Crippen LogP contribution >= 0.6 is 23.9 Å². The molecule has 8 heavy (non-hydrogen) atoms. The monoisotopic (exact) mass is 192 g/mol. The van der Waals surface area contributed by atoms with Gasteiger partial charge in [0.1, 0.15) is 0 Å². The fraction of sp³-hybridized carbons (Fsp3) is 0. The van der Waals surface area contributed by atoms with Crippen LogP contribution in [0.15, 0.2) is 0 Å². The largest absolute Gasteiger partial charge is 0.584 e. The van der Waals surface area contributed by atoms with E-state index >= 15 is 0 Å². The molecule has 0 amide bonds. The maximum atomic E-state index is 9.66. The molecular weight excluding hydrogens is 190 g/mol. The first-order valence-corrected chi connectivity index (χ1v) is 7.22. The summed E-state index contributed by atoms with van der Waals surface area (Å²) in [5, 5.41) is 0. The normalized spacial score (nSPS) is 13.6. The topological polar surface area (TPSA) is 80.6 Å². The Balaban J connectivity index is 3.74. The zero-order valence-corrected chi connectivity index (χ0v) is 6.84. The highest BCUT2D eigenvalue weighted by molar-refractivity contribution is 8.88. The second-order valence-corrected chi connectivity index (χ2v) is 8.99. The predicted molar refractivity (Wildman–Crippen MR) is 33.9 cm³/mol. The second kappa shape index (κ2) is 3.22. The molecule has 0 aliphatic carbocycles. The Morgan fingerprint density at radius 1 is 1.75 bits per heavy atom. The Hall–Kier alpha value is 0.980. The van der Waals surface area contributed by atoms with Gasteiger partial charge in [-0.15, -0.1) is 0 Å². The van der Waals surface area contributed by atoms with Crippen molar-refractivity contribution in [2.75, 3.05) is 0 Å². The molecule has 0 aliphatic heterocycles. The van der Waals surface area contributed by atoms with E-state index in [0.29, 0.717) is 0 Å². The molecule has 0 radical (unpaired) electrons. The molecule has 0 saturated heterocycles. The fourth-order valence-corrected chi connectivity index (χ4v) is 3.81. The minimum Gasteiger partial charge on any atom is -0.584 e. The van der Waals surface area contributed by atoms with Gasteiger partial charge in [0.25, 0.3) is 5.69 Å². The third kappa shape index (κ3) is 6.98. The van der Waals surface area contributed by atoms with Crippen LogP contribution in [-0.2, 0) is 16.4 Å². The Bertz CT molecular complexity index is 135. The van der Waals surface area contributed by atoms with Gasteiger partial charge in [0.05, 0.1) is 0 Å². The molecule has 0 aliphatic rings. The van der Waals surface area contributed by atoms with E-state index in [-0.39, 0.29) is 11.0 Å². The van der Waals surface area contributed by atoms with E-state index in [2.05, 4.69) is 11.8 Å². The Labute approximate surface area is 55.5 Å². The van der Waals surface area contributed by atoms with Crippen molar-refractivity contribution >= 4 is 35.7 Å². The summed E-state index contributed by atoms with van der Waals surface area (Å²) < 4.78 is 9.66. The van der Waals surface area contributed by atoms with Crippen molar-refractivity contribution in [3.05, 3.63) is 0 Å². The van der Waals surface area contributed by atoms with Crippen LogP contribution in [0, 0.1) is 0 Å². The van der Waals surface area contributed by atoms with Crippen LogP contribution in [0.5, 0.6) is 0 Å². The molecule has 1 unspecified atom stereocenters. The van der Waals surface area contributed by atoms with E-state index in [0.717, 1.165) is 0 Å². The molecule has 0 rings (SSSR count). The molecule has 0 aromatic rings. The van der Waals surface area contributed by atoms with E-state index < -0.39 is 12.9 Å². The van der Waals surface area contributed by atoms with Crippen LogP contribution in [-0.4, -0.2) is 9.79 Å². The maximum absolute atomic E-state index is 9.66. The minimum atomic E-state index is -3.57. The quantitative estimate of drug-likeness (QED) is 0.597. The molecule has 0 fully saturated rings. The van der Waals surface area contributed by atoms with Crippen molar-refractivity contribution in [2.24, 2.45) is 0 Å². The summed E-state index contributed by atoms with van der Waals surface area (Å²) >= 11 is 3.96. The summed E-state index contributed by atoms with van der Waals surface area (Å²) in [5.74, 6) is 0. The minimum absolute atomic E-state index is 0.00231. The third-order valence-electron chi connectivity index (χ3n) is 0.173. The Morgan fingerprint density at radius 3 is 2.12 bits per heavy atom. The van der Waals surface area contributed by atoms with E-state index in [1.54, 1.807) is 0 Å². The zero-order valence-electron chi connectivity index (χ0n) is 3.42. The first kappa shape index (κ1) is 8.98. The molecule has 0 bridgehead atoms. The molecule has 2 N–H and O–H groups in total. The van der Waals surface area contributed by atoms with Gasteiger partial charge in [-0.05, 0) is 11.8 Å². The van der Waals surface area contributed by atoms with Crippen molar-refractivity contribution in [3.8, 4) is 0 Å². The lowest BCUT2D eigenvalue weighted by atomic mass is 15.9. The highest BCUT2D eigenvalue weighted by Gasteiger charge is 2.19. The van der Waals surface area contributed by atoms with Crippen LogP contribution in [0.2, 0.25) is 0 Å². The molecule has 4 nitrogen and oxygen atoms in total. The number of rotatable bonds is 2. The molecule has 0 spiro atoms. The second-order valence-electron chi connectivity index (χ2n) is 0.796. The summed E-state index contributed by atoms with van der Waals surface area (Å²) in [6.45, 7) is 0. The summed E-state index contributed by atoms with van der Waals surface area (Å²) in [4.78, 5) is 26.2. The lowest BCUT2D eigenvalue weighted by Gasteiger charge is -1.93. The van der Waals surface area contributed by atoms with Crippen LogP contribution in [0.3, 0.4) is 0 Å². The van der Waals surface area contributed by atoms with E-state index in [9.17, 15) is 9.46 Å². The molecule has 0 heterocycles. The van der Waals surface area contributed by atoms with Crippen LogP contribution in [0.4, 0.5) is 0 Å². The third-order valence-corrected chi connectivity index (χ3v) is 6.47. The average molecular weight is 192 g/mol. The Morgan fingerprint density at radius 2 is 2.12 bits per heavy atom. The molecule has 0 aromatic heterocycles. The van der Waals surface area contributed by atoms with Gasteiger partial charge in [-0.2, -0.15) is 0 Å². The van der Waals surface area contributed by atoms with Crippen LogP contribution in [0.25, 0.3) is 0 Å². The summed E-state index contributed by atoms with van der Waals surface area (Å²) in [7, 11) is -2.83. The zero-order chi connectivity index (χ0) is 6.78. The number of hydrogen-bond acceptors (Lipinski definition) is 4. The molecule has 0 aromatic carbocycles. The van der Waals surface area contributed by atoms with Crippen LogP contribution in [0.1, 0.15) is 0 Å². The van der Waals surface area contributed by atoms with Gasteiger partial charge in [0.2, 0.25) is 11.0 Å². The molecular formula is H2O4P2S2. The van der Waals surface area contributed by atoms with Gasteiger partial charge in [-0.25, -0.2) is 0 Å². The summed E-state index contributed by atoms with van der Waals surface area (Å²) in [5.41, 5.74) is -3.57. The van der Waals surface area contributed by atoms with E-state index in [1.807, 2.05) is 0 Å². The number of hydrogen-bond donors (Lipinski definition) is 2. The highest BCUT2D eigenvalue weighted by atomic mass is 33.2. The SMILES string of the molecule is O=[P+]([O-])SP(O)(O)=S. The van der Waals surface area contributed by atoms with Gasteiger partial charge >= 0.3 is 7.23 Å². The van der Waals surface area contributed by atoms with Gasteiger partial charge in [-0.1, -0.05) is 4.57 Å². The molecule has 0 saturated carbocycles. The van der Waals surface area contributed by atoms with Crippen molar-refractivity contribution in [2.45, 2.75) is 0 Å². The van der Waals surface area contributed by atoms with Crippen LogP contribution < -0.4 is 4.89 Å². The van der Waals surface area contributed by atoms with E-state index in [4.69, 9.17) is 9.79 Å². The van der Waals surface area contributed by atoms with Crippen molar-refractivity contribution in [1.82, 2.24) is 0 Å². The first-order valence-electron chi connectivity index (χ1n) is 1.31.